The Morgan fingerprint density at radius 2 is 2.00 bits per heavy atom. The van der Waals surface area contributed by atoms with Gasteiger partial charge in [0.05, 0.1) is 24.0 Å². The van der Waals surface area contributed by atoms with Crippen molar-refractivity contribution in [1.82, 2.24) is 15.0 Å². The molecule has 0 fully saturated rings. The SMILES string of the molecule is COc1nc(Oc2cncc(Br)c2)ncc1Br. The fourth-order valence-electron chi connectivity index (χ4n) is 1.08. The van der Waals surface area contributed by atoms with Gasteiger partial charge in [-0.25, -0.2) is 4.98 Å². The lowest BCUT2D eigenvalue weighted by molar-refractivity contribution is 0.373. The Morgan fingerprint density at radius 3 is 2.71 bits per heavy atom. The Bertz CT molecular complexity index is 537. The minimum absolute atomic E-state index is 0.199. The van der Waals surface area contributed by atoms with Crippen LogP contribution in [0.1, 0.15) is 0 Å². The summed E-state index contributed by atoms with van der Waals surface area (Å²) in [6.07, 6.45) is 4.80. The fourth-order valence-corrected chi connectivity index (χ4v) is 1.78. The van der Waals surface area contributed by atoms with Crippen LogP contribution in [-0.4, -0.2) is 22.1 Å². The maximum absolute atomic E-state index is 5.44. The topological polar surface area (TPSA) is 57.1 Å². The first-order valence-electron chi connectivity index (χ1n) is 4.54. The van der Waals surface area contributed by atoms with Gasteiger partial charge in [-0.1, -0.05) is 0 Å². The maximum Gasteiger partial charge on any atom is 0.325 e. The van der Waals surface area contributed by atoms with E-state index >= 15 is 0 Å². The van der Waals surface area contributed by atoms with Crippen molar-refractivity contribution >= 4 is 31.9 Å². The van der Waals surface area contributed by atoms with Crippen molar-refractivity contribution in [3.05, 3.63) is 33.6 Å². The van der Waals surface area contributed by atoms with Gasteiger partial charge in [-0.3, -0.25) is 4.98 Å². The molecular formula is C10H7Br2N3O2. The molecule has 0 N–H and O–H groups in total. The highest BCUT2D eigenvalue weighted by Crippen LogP contribution is 2.26. The summed E-state index contributed by atoms with van der Waals surface area (Å²) < 4.78 is 12.0. The summed E-state index contributed by atoms with van der Waals surface area (Å²) in [6, 6.07) is 1.97. The Balaban J connectivity index is 2.24. The van der Waals surface area contributed by atoms with Crippen LogP contribution in [0.2, 0.25) is 0 Å². The van der Waals surface area contributed by atoms with E-state index in [0.717, 1.165) is 4.47 Å². The van der Waals surface area contributed by atoms with Crippen molar-refractivity contribution in [3.8, 4) is 17.6 Å². The number of rotatable bonds is 3. The quantitative estimate of drug-likeness (QED) is 0.841. The zero-order chi connectivity index (χ0) is 12.3. The van der Waals surface area contributed by atoms with Crippen LogP contribution in [0, 0.1) is 0 Å². The number of hydrogen-bond donors (Lipinski definition) is 0. The van der Waals surface area contributed by atoms with Crippen LogP contribution in [0.4, 0.5) is 0 Å². The Labute approximate surface area is 114 Å². The van der Waals surface area contributed by atoms with Gasteiger partial charge in [0, 0.05) is 10.7 Å². The van der Waals surface area contributed by atoms with Gasteiger partial charge < -0.3 is 9.47 Å². The lowest BCUT2D eigenvalue weighted by Crippen LogP contribution is -1.96. The second-order valence-corrected chi connectivity index (χ2v) is 4.72. The molecule has 0 aromatic carbocycles. The Morgan fingerprint density at radius 1 is 1.18 bits per heavy atom. The first kappa shape index (κ1) is 12.3. The molecule has 0 atom stereocenters. The summed E-state index contributed by atoms with van der Waals surface area (Å²) in [4.78, 5) is 12.1. The van der Waals surface area contributed by atoms with Gasteiger partial charge in [0.2, 0.25) is 5.88 Å². The summed E-state index contributed by atoms with van der Waals surface area (Å²) >= 11 is 6.56. The van der Waals surface area contributed by atoms with Crippen LogP contribution in [-0.2, 0) is 0 Å². The molecule has 0 saturated heterocycles. The average molecular weight is 361 g/mol. The van der Waals surface area contributed by atoms with Gasteiger partial charge in [0.15, 0.2) is 5.75 Å². The summed E-state index contributed by atoms with van der Waals surface area (Å²) in [5, 5.41) is 0. The Hall–Kier alpha value is -1.21. The molecule has 0 saturated carbocycles. The zero-order valence-electron chi connectivity index (χ0n) is 8.72. The molecule has 17 heavy (non-hydrogen) atoms. The second kappa shape index (κ2) is 5.42. The molecule has 0 radical (unpaired) electrons. The number of halogens is 2. The highest BCUT2D eigenvalue weighted by atomic mass is 79.9. The summed E-state index contributed by atoms with van der Waals surface area (Å²) in [6.45, 7) is 0. The van der Waals surface area contributed by atoms with E-state index in [9.17, 15) is 0 Å². The normalized spacial score (nSPS) is 10.1. The largest absolute Gasteiger partial charge is 0.480 e. The number of ether oxygens (including phenoxy) is 2. The molecule has 0 aliphatic rings. The smallest absolute Gasteiger partial charge is 0.325 e. The lowest BCUT2D eigenvalue weighted by atomic mass is 10.5. The van der Waals surface area contributed by atoms with Crippen molar-refractivity contribution in [2.75, 3.05) is 7.11 Å². The number of nitrogens with zero attached hydrogens (tertiary/aromatic N) is 3. The number of pyridine rings is 1. The molecule has 0 aliphatic heterocycles. The van der Waals surface area contributed by atoms with Crippen molar-refractivity contribution in [1.29, 1.82) is 0 Å². The number of aromatic nitrogens is 3. The molecule has 5 nitrogen and oxygen atoms in total. The van der Waals surface area contributed by atoms with Crippen molar-refractivity contribution < 1.29 is 9.47 Å². The molecule has 88 valence electrons. The van der Waals surface area contributed by atoms with Crippen molar-refractivity contribution in [2.45, 2.75) is 0 Å². The van der Waals surface area contributed by atoms with Crippen molar-refractivity contribution in [3.63, 3.8) is 0 Å². The van der Waals surface area contributed by atoms with Crippen LogP contribution < -0.4 is 9.47 Å². The Kier molecular flexibility index (Phi) is 3.90. The van der Waals surface area contributed by atoms with Crippen LogP contribution in [0.25, 0.3) is 0 Å². The molecule has 0 bridgehead atoms. The van der Waals surface area contributed by atoms with Gasteiger partial charge in [-0.2, -0.15) is 4.98 Å². The highest BCUT2D eigenvalue weighted by molar-refractivity contribution is 9.10. The summed E-state index contributed by atoms with van der Waals surface area (Å²) in [5.74, 6) is 0.960. The average Bonchev–Trinajstić information content (AvgIpc) is 2.32. The van der Waals surface area contributed by atoms with E-state index < -0.39 is 0 Å². The lowest BCUT2D eigenvalue weighted by Gasteiger charge is -2.05. The molecule has 0 spiro atoms. The third-order valence-corrected chi connectivity index (χ3v) is 2.75. The van der Waals surface area contributed by atoms with E-state index in [1.54, 1.807) is 24.7 Å². The van der Waals surface area contributed by atoms with Gasteiger partial charge >= 0.3 is 6.01 Å². The predicted octanol–water partition coefficient (Wildman–Crippen LogP) is 3.20. The first-order chi connectivity index (χ1) is 8.19. The van der Waals surface area contributed by atoms with Gasteiger partial charge in [-0.05, 0) is 37.9 Å². The molecule has 2 rings (SSSR count). The molecule has 7 heteroatoms. The van der Waals surface area contributed by atoms with E-state index in [1.165, 1.54) is 7.11 Å². The number of hydrogen-bond acceptors (Lipinski definition) is 5. The molecule has 0 unspecified atom stereocenters. The third kappa shape index (κ3) is 3.13. The van der Waals surface area contributed by atoms with Crippen LogP contribution in [0.15, 0.2) is 33.6 Å². The van der Waals surface area contributed by atoms with Gasteiger partial charge in [0.1, 0.15) is 0 Å². The predicted molar refractivity (Wildman–Crippen MR) is 68.3 cm³/mol. The van der Waals surface area contributed by atoms with E-state index in [1.807, 2.05) is 0 Å². The van der Waals surface area contributed by atoms with E-state index in [4.69, 9.17) is 9.47 Å². The molecule has 0 aliphatic carbocycles. The van der Waals surface area contributed by atoms with Crippen LogP contribution >= 0.6 is 31.9 Å². The van der Waals surface area contributed by atoms with Gasteiger partial charge in [-0.15, -0.1) is 0 Å². The number of methoxy groups -OCH3 is 1. The van der Waals surface area contributed by atoms with E-state index in [0.29, 0.717) is 16.1 Å². The maximum atomic E-state index is 5.44. The van der Waals surface area contributed by atoms with E-state index in [2.05, 4.69) is 46.8 Å². The third-order valence-electron chi connectivity index (χ3n) is 1.77. The summed E-state index contributed by atoms with van der Waals surface area (Å²) in [5.41, 5.74) is 0. The highest BCUT2D eigenvalue weighted by Gasteiger charge is 2.07. The van der Waals surface area contributed by atoms with Crippen LogP contribution in [0.5, 0.6) is 17.6 Å². The minimum atomic E-state index is 0.199. The first-order valence-corrected chi connectivity index (χ1v) is 6.12. The van der Waals surface area contributed by atoms with Crippen molar-refractivity contribution in [2.24, 2.45) is 0 Å². The molecular weight excluding hydrogens is 354 g/mol. The van der Waals surface area contributed by atoms with Gasteiger partial charge in [0.25, 0.3) is 0 Å². The van der Waals surface area contributed by atoms with E-state index in [-0.39, 0.29) is 6.01 Å². The molecule has 2 heterocycles. The molecule has 0 amide bonds. The standard InChI is InChI=1S/C10H7Br2N3O2/c1-16-9-8(12)5-14-10(15-9)17-7-2-6(11)3-13-4-7/h2-5H,1H3. The second-order valence-electron chi connectivity index (χ2n) is 2.95. The fraction of sp³-hybridized carbons (Fsp3) is 0.100. The summed E-state index contributed by atoms with van der Waals surface area (Å²) in [7, 11) is 1.53. The molecule has 2 aromatic heterocycles. The minimum Gasteiger partial charge on any atom is -0.480 e. The van der Waals surface area contributed by atoms with Crippen LogP contribution in [0.3, 0.4) is 0 Å². The molecule has 2 aromatic rings. The monoisotopic (exact) mass is 359 g/mol. The zero-order valence-corrected chi connectivity index (χ0v) is 11.9.